The van der Waals surface area contributed by atoms with Gasteiger partial charge in [-0.2, -0.15) is 0 Å². The van der Waals surface area contributed by atoms with E-state index in [9.17, 15) is 9.59 Å². The smallest absolute Gasteiger partial charge is 0.194 e. The molecule has 0 saturated carbocycles. The lowest BCUT2D eigenvalue weighted by Crippen LogP contribution is -2.20. The van der Waals surface area contributed by atoms with Gasteiger partial charge in [0.05, 0.1) is 0 Å². The number of hydrogen-bond acceptors (Lipinski definition) is 4. The second-order valence-corrected chi connectivity index (χ2v) is 8.82. The summed E-state index contributed by atoms with van der Waals surface area (Å²) in [7, 11) is 0. The molecule has 24 heavy (non-hydrogen) atoms. The van der Waals surface area contributed by atoms with Crippen LogP contribution in [0.2, 0.25) is 0 Å². The van der Waals surface area contributed by atoms with Gasteiger partial charge in [-0.05, 0) is 61.0 Å². The average molecular weight is 348 g/mol. The Kier molecular flexibility index (Phi) is 2.71. The van der Waals surface area contributed by atoms with E-state index >= 15 is 0 Å². The first kappa shape index (κ1) is 14.1. The molecule has 116 valence electrons. The quantitative estimate of drug-likeness (QED) is 0.370. The van der Waals surface area contributed by atoms with Crippen molar-refractivity contribution in [2.45, 2.75) is 13.8 Å². The van der Waals surface area contributed by atoms with Crippen molar-refractivity contribution in [3.8, 4) is 0 Å². The molecule has 5 rings (SSSR count). The zero-order valence-corrected chi connectivity index (χ0v) is 14.7. The number of thiophene rings is 2. The molecule has 0 saturated heterocycles. The van der Waals surface area contributed by atoms with Crippen molar-refractivity contribution in [2.75, 3.05) is 0 Å². The summed E-state index contributed by atoms with van der Waals surface area (Å²) in [4.78, 5) is 28.4. The molecular weight excluding hydrogens is 336 g/mol. The van der Waals surface area contributed by atoms with E-state index in [-0.39, 0.29) is 11.6 Å². The van der Waals surface area contributed by atoms with Gasteiger partial charge in [-0.25, -0.2) is 0 Å². The molecule has 0 radical (unpaired) electrons. The highest BCUT2D eigenvalue weighted by atomic mass is 32.1. The predicted octanol–water partition coefficient (Wildman–Crippen LogP) is 5.51. The van der Waals surface area contributed by atoms with E-state index in [0.29, 0.717) is 22.3 Å². The van der Waals surface area contributed by atoms with Gasteiger partial charge < -0.3 is 0 Å². The number of carbonyl (C=O) groups is 2. The van der Waals surface area contributed by atoms with Crippen LogP contribution in [0.4, 0.5) is 0 Å². The molecule has 0 bridgehead atoms. The summed E-state index contributed by atoms with van der Waals surface area (Å²) < 4.78 is 2.12. The summed E-state index contributed by atoms with van der Waals surface area (Å²) in [6.45, 7) is 4.08. The van der Waals surface area contributed by atoms with E-state index in [1.54, 1.807) is 22.7 Å². The number of carbonyl (C=O) groups excluding carboxylic acids is 2. The predicted molar refractivity (Wildman–Crippen MR) is 100.0 cm³/mol. The van der Waals surface area contributed by atoms with Crippen LogP contribution in [0.1, 0.15) is 41.6 Å². The van der Waals surface area contributed by atoms with Crippen LogP contribution in [-0.2, 0) is 0 Å². The number of fused-ring (bicyclic) bond motifs is 4. The van der Waals surface area contributed by atoms with Crippen LogP contribution in [-0.4, -0.2) is 11.6 Å². The maximum absolute atomic E-state index is 13.0. The summed E-state index contributed by atoms with van der Waals surface area (Å²) >= 11 is 3.31. The third-order valence-electron chi connectivity index (χ3n) is 4.54. The minimum absolute atomic E-state index is 0.0412. The van der Waals surface area contributed by atoms with E-state index < -0.39 is 0 Å². The Balaban J connectivity index is 1.83. The van der Waals surface area contributed by atoms with Crippen LogP contribution < -0.4 is 0 Å². The molecule has 1 aliphatic rings. The Bertz CT molecular complexity index is 1030. The zero-order valence-electron chi connectivity index (χ0n) is 13.1. The van der Waals surface area contributed by atoms with Gasteiger partial charge in [0.1, 0.15) is 0 Å². The van der Waals surface area contributed by atoms with Crippen molar-refractivity contribution < 1.29 is 9.59 Å². The van der Waals surface area contributed by atoms with Crippen molar-refractivity contribution in [1.29, 1.82) is 0 Å². The molecule has 0 atom stereocenters. The normalized spacial score (nSPS) is 13.6. The highest BCUT2D eigenvalue weighted by molar-refractivity contribution is 7.19. The van der Waals surface area contributed by atoms with Gasteiger partial charge in [-0.1, -0.05) is 0 Å². The molecule has 0 fully saturated rings. The Morgan fingerprint density at radius 2 is 0.958 bits per heavy atom. The van der Waals surface area contributed by atoms with Crippen molar-refractivity contribution in [2.24, 2.45) is 0 Å². The lowest BCUT2D eigenvalue weighted by molar-refractivity contribution is 0.0979. The Hall–Kier alpha value is -2.30. The molecule has 4 aromatic rings. The monoisotopic (exact) mass is 348 g/mol. The number of ketones is 2. The van der Waals surface area contributed by atoms with Crippen LogP contribution in [0.5, 0.6) is 0 Å². The first-order chi connectivity index (χ1) is 11.5. The topological polar surface area (TPSA) is 34.1 Å². The third-order valence-corrected chi connectivity index (χ3v) is 6.56. The van der Waals surface area contributed by atoms with E-state index in [0.717, 1.165) is 20.2 Å². The van der Waals surface area contributed by atoms with E-state index in [4.69, 9.17) is 0 Å². The van der Waals surface area contributed by atoms with Crippen LogP contribution in [0.25, 0.3) is 20.2 Å². The van der Waals surface area contributed by atoms with Gasteiger partial charge in [0, 0.05) is 41.4 Å². The van der Waals surface area contributed by atoms with E-state index in [2.05, 4.69) is 12.1 Å². The molecule has 0 aliphatic heterocycles. The lowest BCUT2D eigenvalue weighted by atomic mass is 9.83. The number of rotatable bonds is 0. The van der Waals surface area contributed by atoms with Crippen molar-refractivity contribution in [1.82, 2.24) is 0 Å². The summed E-state index contributed by atoms with van der Waals surface area (Å²) in [5, 5.41) is 2.07. The molecule has 2 nitrogen and oxygen atoms in total. The maximum atomic E-state index is 13.0. The lowest BCUT2D eigenvalue weighted by Gasteiger charge is -2.17. The van der Waals surface area contributed by atoms with Crippen LogP contribution >= 0.6 is 22.7 Å². The van der Waals surface area contributed by atoms with Gasteiger partial charge in [-0.15, -0.1) is 22.7 Å². The third kappa shape index (κ3) is 1.81. The SMILES string of the molecule is Cc1cc2cc3c(cc2s1)C(=O)c1cc2sc(C)cc2cc1C3=O. The van der Waals surface area contributed by atoms with Crippen molar-refractivity contribution in [3.05, 3.63) is 68.4 Å². The Morgan fingerprint density at radius 1 is 0.583 bits per heavy atom. The van der Waals surface area contributed by atoms with Gasteiger partial charge in [0.2, 0.25) is 0 Å². The van der Waals surface area contributed by atoms with Crippen LogP contribution in [0.3, 0.4) is 0 Å². The summed E-state index contributed by atoms with van der Waals surface area (Å²) in [6, 6.07) is 11.7. The minimum Gasteiger partial charge on any atom is -0.289 e. The first-order valence-corrected chi connectivity index (χ1v) is 9.32. The average Bonchev–Trinajstić information content (AvgIpc) is 3.09. The molecule has 0 spiro atoms. The molecule has 0 unspecified atom stereocenters. The molecule has 2 aromatic carbocycles. The van der Waals surface area contributed by atoms with Crippen LogP contribution in [0, 0.1) is 13.8 Å². The molecule has 0 amide bonds. The Morgan fingerprint density at radius 3 is 1.38 bits per heavy atom. The highest BCUT2D eigenvalue weighted by Gasteiger charge is 2.31. The summed E-state index contributed by atoms with van der Waals surface area (Å²) in [5.74, 6) is -0.0865. The summed E-state index contributed by atoms with van der Waals surface area (Å²) in [5.41, 5.74) is 2.14. The second kappa shape index (κ2) is 4.62. The van der Waals surface area contributed by atoms with Crippen molar-refractivity contribution in [3.63, 3.8) is 0 Å². The minimum atomic E-state index is -0.0453. The molecule has 2 heterocycles. The number of hydrogen-bond donors (Lipinski definition) is 0. The van der Waals surface area contributed by atoms with E-state index in [1.165, 1.54) is 9.75 Å². The summed E-state index contributed by atoms with van der Waals surface area (Å²) in [6.07, 6.45) is 0. The fourth-order valence-corrected chi connectivity index (χ4v) is 5.37. The fourth-order valence-electron chi connectivity index (χ4n) is 3.48. The maximum Gasteiger partial charge on any atom is 0.194 e. The van der Waals surface area contributed by atoms with Gasteiger partial charge in [0.15, 0.2) is 11.6 Å². The molecular formula is C20H12O2S2. The standard InChI is InChI=1S/C20H12O2S2/c1-9-3-11-5-13-15(7-17(11)23-9)20(22)16-8-18-12(4-10(2)24-18)6-14(16)19(13)21/h3-8H,1-2H3. The van der Waals surface area contributed by atoms with Gasteiger partial charge in [0.25, 0.3) is 0 Å². The number of aryl methyl sites for hydroxylation is 2. The second-order valence-electron chi connectivity index (χ2n) is 6.24. The van der Waals surface area contributed by atoms with Crippen molar-refractivity contribution >= 4 is 54.4 Å². The van der Waals surface area contributed by atoms with Crippen LogP contribution in [0.15, 0.2) is 36.4 Å². The Labute approximate surface area is 146 Å². The molecule has 1 aliphatic carbocycles. The molecule has 2 aromatic heterocycles. The fraction of sp³-hybridized carbons (Fsp3) is 0.100. The largest absolute Gasteiger partial charge is 0.289 e. The van der Waals surface area contributed by atoms with E-state index in [1.807, 2.05) is 38.1 Å². The molecule has 4 heteroatoms. The van der Waals surface area contributed by atoms with Gasteiger partial charge >= 0.3 is 0 Å². The first-order valence-electron chi connectivity index (χ1n) is 7.69. The highest BCUT2D eigenvalue weighted by Crippen LogP contribution is 2.36. The van der Waals surface area contributed by atoms with Gasteiger partial charge in [-0.3, -0.25) is 9.59 Å². The molecule has 0 N–H and O–H groups in total. The zero-order chi connectivity index (χ0) is 16.6. The number of benzene rings is 2.